The molecule has 1 aliphatic rings. The summed E-state index contributed by atoms with van der Waals surface area (Å²) in [7, 11) is 0. The van der Waals surface area contributed by atoms with Gasteiger partial charge in [-0.15, -0.1) is 0 Å². The van der Waals surface area contributed by atoms with Crippen molar-refractivity contribution in [2.45, 2.75) is 11.1 Å². The van der Waals surface area contributed by atoms with Gasteiger partial charge in [-0.1, -0.05) is 42.1 Å². The van der Waals surface area contributed by atoms with Crippen molar-refractivity contribution in [1.82, 2.24) is 20.8 Å². The Bertz CT molecular complexity index is 1020. The Hall–Kier alpha value is -3.33. The molecule has 0 fully saturated rings. The Morgan fingerprint density at radius 2 is 1.82 bits per heavy atom. The summed E-state index contributed by atoms with van der Waals surface area (Å²) in [6.07, 6.45) is 0.622. The molecule has 1 aromatic heterocycles. The van der Waals surface area contributed by atoms with Crippen LogP contribution in [0, 0.1) is 0 Å². The molecule has 1 aliphatic heterocycles. The predicted molar refractivity (Wildman–Crippen MR) is 103 cm³/mol. The standard InChI is InChI=1S/C19H16N4O4S/c24-17(10-28-19-12-5-1-2-6-13(12)20-11-21-19)22-23-18(25)16-9-26-14-7-3-4-8-15(14)27-16/h1-8,11,16H,9-10H2,(H,22,24)(H,23,25)/t16-/m0/s1. The van der Waals surface area contributed by atoms with Crippen LogP contribution in [0.5, 0.6) is 11.5 Å². The van der Waals surface area contributed by atoms with Crippen LogP contribution >= 0.6 is 11.8 Å². The van der Waals surface area contributed by atoms with Gasteiger partial charge in [0.15, 0.2) is 11.5 Å². The summed E-state index contributed by atoms with van der Waals surface area (Å²) < 4.78 is 11.1. The topological polar surface area (TPSA) is 102 Å². The lowest BCUT2D eigenvalue weighted by Crippen LogP contribution is -2.51. The molecule has 2 heterocycles. The summed E-state index contributed by atoms with van der Waals surface area (Å²) in [6, 6.07) is 14.7. The highest BCUT2D eigenvalue weighted by Gasteiger charge is 2.27. The molecule has 0 saturated carbocycles. The number of thioether (sulfide) groups is 1. The quantitative estimate of drug-likeness (QED) is 0.393. The first-order valence-electron chi connectivity index (χ1n) is 8.50. The number of rotatable bonds is 4. The number of nitrogens with one attached hydrogen (secondary N) is 2. The third-order valence-electron chi connectivity index (χ3n) is 3.97. The summed E-state index contributed by atoms with van der Waals surface area (Å²) in [5.41, 5.74) is 5.56. The molecule has 28 heavy (non-hydrogen) atoms. The van der Waals surface area contributed by atoms with Gasteiger partial charge in [0.1, 0.15) is 18.0 Å². The number of hydrazine groups is 1. The van der Waals surface area contributed by atoms with Crippen molar-refractivity contribution in [3.05, 3.63) is 54.9 Å². The SMILES string of the molecule is O=C(CSc1ncnc2ccccc12)NNC(=O)[C@@H]1COc2ccccc2O1. The Morgan fingerprint density at radius 1 is 1.04 bits per heavy atom. The molecule has 0 spiro atoms. The molecule has 4 rings (SSSR count). The van der Waals surface area contributed by atoms with E-state index in [0.717, 1.165) is 10.9 Å². The number of aromatic nitrogens is 2. The van der Waals surface area contributed by atoms with E-state index < -0.39 is 12.0 Å². The molecule has 0 saturated heterocycles. The smallest absolute Gasteiger partial charge is 0.283 e. The molecule has 0 radical (unpaired) electrons. The van der Waals surface area contributed by atoms with Gasteiger partial charge >= 0.3 is 0 Å². The maximum Gasteiger partial charge on any atom is 0.283 e. The van der Waals surface area contributed by atoms with E-state index >= 15 is 0 Å². The van der Waals surface area contributed by atoms with Crippen LogP contribution in [0.2, 0.25) is 0 Å². The molecule has 0 aliphatic carbocycles. The highest BCUT2D eigenvalue weighted by atomic mass is 32.2. The lowest BCUT2D eigenvalue weighted by Gasteiger charge is -2.25. The van der Waals surface area contributed by atoms with E-state index in [9.17, 15) is 9.59 Å². The fourth-order valence-corrected chi connectivity index (χ4v) is 3.42. The number of hydrogen-bond acceptors (Lipinski definition) is 7. The van der Waals surface area contributed by atoms with Gasteiger partial charge < -0.3 is 9.47 Å². The van der Waals surface area contributed by atoms with E-state index in [1.165, 1.54) is 18.1 Å². The highest BCUT2D eigenvalue weighted by Crippen LogP contribution is 2.30. The minimum absolute atomic E-state index is 0.0698. The second-order valence-electron chi connectivity index (χ2n) is 5.89. The van der Waals surface area contributed by atoms with E-state index in [0.29, 0.717) is 16.5 Å². The second-order valence-corrected chi connectivity index (χ2v) is 6.85. The van der Waals surface area contributed by atoms with E-state index in [2.05, 4.69) is 20.8 Å². The molecule has 0 unspecified atom stereocenters. The van der Waals surface area contributed by atoms with Crippen LogP contribution in [0.4, 0.5) is 0 Å². The Balaban J connectivity index is 1.28. The Morgan fingerprint density at radius 3 is 2.71 bits per heavy atom. The number of hydrogen-bond donors (Lipinski definition) is 2. The first-order chi connectivity index (χ1) is 13.7. The molecule has 142 valence electrons. The normalized spacial score (nSPS) is 15.1. The minimum atomic E-state index is -0.839. The summed E-state index contributed by atoms with van der Waals surface area (Å²) in [5, 5.41) is 1.57. The van der Waals surface area contributed by atoms with Crippen molar-refractivity contribution in [3.8, 4) is 11.5 Å². The number of carbonyl (C=O) groups excluding carboxylic acids is 2. The average Bonchev–Trinajstić information content (AvgIpc) is 2.75. The van der Waals surface area contributed by atoms with Gasteiger partial charge in [-0.25, -0.2) is 9.97 Å². The molecule has 2 N–H and O–H groups in total. The van der Waals surface area contributed by atoms with Crippen LogP contribution < -0.4 is 20.3 Å². The van der Waals surface area contributed by atoms with Crippen LogP contribution in [0.15, 0.2) is 59.9 Å². The summed E-state index contributed by atoms with van der Waals surface area (Å²) in [6.45, 7) is 0.0698. The van der Waals surface area contributed by atoms with Crippen molar-refractivity contribution < 1.29 is 19.1 Å². The van der Waals surface area contributed by atoms with Gasteiger partial charge in [-0.3, -0.25) is 20.4 Å². The van der Waals surface area contributed by atoms with E-state index in [-0.39, 0.29) is 18.3 Å². The van der Waals surface area contributed by atoms with E-state index in [4.69, 9.17) is 9.47 Å². The van der Waals surface area contributed by atoms with Crippen molar-refractivity contribution in [3.63, 3.8) is 0 Å². The molecule has 2 aromatic carbocycles. The van der Waals surface area contributed by atoms with Crippen LogP contribution in [-0.2, 0) is 9.59 Å². The predicted octanol–water partition coefficient (Wildman–Crippen LogP) is 1.71. The molecule has 9 heteroatoms. The summed E-state index contributed by atoms with van der Waals surface area (Å²) in [5.74, 6) is 0.320. The summed E-state index contributed by atoms with van der Waals surface area (Å²) >= 11 is 1.27. The number of amides is 2. The number of nitrogens with zero attached hydrogens (tertiary/aromatic N) is 2. The fraction of sp³-hybridized carbons (Fsp3) is 0.158. The Kier molecular flexibility index (Phi) is 5.24. The van der Waals surface area contributed by atoms with Gasteiger partial charge in [-0.05, 0) is 18.2 Å². The number of ether oxygens (including phenoxy) is 2. The minimum Gasteiger partial charge on any atom is -0.485 e. The van der Waals surface area contributed by atoms with Crippen LogP contribution in [0.25, 0.3) is 10.9 Å². The first-order valence-corrected chi connectivity index (χ1v) is 9.49. The second kappa shape index (κ2) is 8.13. The molecular weight excluding hydrogens is 380 g/mol. The van der Waals surface area contributed by atoms with E-state index in [1.807, 2.05) is 30.3 Å². The zero-order valence-electron chi connectivity index (χ0n) is 14.6. The number of benzene rings is 2. The molecule has 8 nitrogen and oxygen atoms in total. The molecular formula is C19H16N4O4S. The van der Waals surface area contributed by atoms with Gasteiger partial charge in [0.25, 0.3) is 5.91 Å². The van der Waals surface area contributed by atoms with Crippen LogP contribution in [0.1, 0.15) is 0 Å². The Labute approximate surface area is 164 Å². The molecule has 1 atom stereocenters. The number of para-hydroxylation sites is 3. The monoisotopic (exact) mass is 396 g/mol. The first kappa shape index (κ1) is 18.1. The van der Waals surface area contributed by atoms with Gasteiger partial charge in [0, 0.05) is 5.39 Å². The lowest BCUT2D eigenvalue weighted by molar-refractivity contribution is -0.134. The van der Waals surface area contributed by atoms with Crippen molar-refractivity contribution >= 4 is 34.5 Å². The zero-order valence-corrected chi connectivity index (χ0v) is 15.4. The third kappa shape index (κ3) is 3.99. The zero-order chi connectivity index (χ0) is 19.3. The summed E-state index contributed by atoms with van der Waals surface area (Å²) in [4.78, 5) is 32.7. The highest BCUT2D eigenvalue weighted by molar-refractivity contribution is 8.00. The number of fused-ring (bicyclic) bond motifs is 2. The van der Waals surface area contributed by atoms with Crippen molar-refractivity contribution in [2.24, 2.45) is 0 Å². The maximum atomic E-state index is 12.2. The molecule has 3 aromatic rings. The number of carbonyl (C=O) groups is 2. The largest absolute Gasteiger partial charge is 0.485 e. The van der Waals surface area contributed by atoms with E-state index in [1.54, 1.807) is 18.2 Å². The third-order valence-corrected chi connectivity index (χ3v) is 4.98. The average molecular weight is 396 g/mol. The van der Waals surface area contributed by atoms with Gasteiger partial charge in [-0.2, -0.15) is 0 Å². The van der Waals surface area contributed by atoms with Crippen LogP contribution in [-0.4, -0.2) is 40.2 Å². The molecule has 0 bridgehead atoms. The lowest BCUT2D eigenvalue weighted by atomic mass is 10.2. The van der Waals surface area contributed by atoms with Crippen LogP contribution in [0.3, 0.4) is 0 Å². The molecule has 2 amide bonds. The maximum absolute atomic E-state index is 12.2. The van der Waals surface area contributed by atoms with Crippen molar-refractivity contribution in [2.75, 3.05) is 12.4 Å². The fourth-order valence-electron chi connectivity index (χ4n) is 2.63. The van der Waals surface area contributed by atoms with Gasteiger partial charge in [0.05, 0.1) is 11.3 Å². The van der Waals surface area contributed by atoms with Crippen molar-refractivity contribution in [1.29, 1.82) is 0 Å². The van der Waals surface area contributed by atoms with Gasteiger partial charge in [0.2, 0.25) is 12.0 Å².